The highest BCUT2D eigenvalue weighted by molar-refractivity contribution is 7.22. The number of para-hydroxylation sites is 1. The summed E-state index contributed by atoms with van der Waals surface area (Å²) in [5, 5.41) is 4.28. The lowest BCUT2D eigenvalue weighted by Gasteiger charge is -1.99. The summed E-state index contributed by atoms with van der Waals surface area (Å²) >= 11 is 13.3. The van der Waals surface area contributed by atoms with Gasteiger partial charge in [0.2, 0.25) is 5.91 Å². The summed E-state index contributed by atoms with van der Waals surface area (Å²) in [5.74, 6) is 0.381. The van der Waals surface area contributed by atoms with E-state index in [0.29, 0.717) is 26.5 Å². The van der Waals surface area contributed by atoms with Crippen molar-refractivity contribution < 1.29 is 9.53 Å². The lowest BCUT2D eigenvalue weighted by Crippen LogP contribution is -2.07. The molecule has 0 aliphatic carbocycles. The summed E-state index contributed by atoms with van der Waals surface area (Å²) in [6.45, 7) is 0. The molecule has 1 amide bonds. The summed E-state index contributed by atoms with van der Waals surface area (Å²) < 4.78 is 6.21. The van der Waals surface area contributed by atoms with Crippen molar-refractivity contribution in [1.82, 2.24) is 4.98 Å². The van der Waals surface area contributed by atoms with Gasteiger partial charge in [-0.15, -0.1) is 0 Å². The molecule has 0 bridgehead atoms. The molecule has 2 aromatic carbocycles. The summed E-state index contributed by atoms with van der Waals surface area (Å²) in [5.41, 5.74) is 1.44. The minimum absolute atomic E-state index is 0.293. The van der Waals surface area contributed by atoms with E-state index in [4.69, 9.17) is 27.9 Å². The van der Waals surface area contributed by atoms with Gasteiger partial charge in [-0.05, 0) is 35.9 Å². The van der Waals surface area contributed by atoms with Crippen molar-refractivity contribution in [2.24, 2.45) is 0 Å². The first-order chi connectivity index (χ1) is 11.6. The Labute approximate surface area is 152 Å². The van der Waals surface area contributed by atoms with Crippen LogP contribution in [0.2, 0.25) is 10.0 Å². The van der Waals surface area contributed by atoms with Crippen molar-refractivity contribution in [2.45, 2.75) is 0 Å². The molecule has 0 spiro atoms. The number of ether oxygens (including phenoxy) is 1. The molecule has 1 aromatic heterocycles. The Morgan fingerprint density at radius 2 is 2.12 bits per heavy atom. The largest absolute Gasteiger partial charge is 0.494 e. The third kappa shape index (κ3) is 3.70. The highest BCUT2D eigenvalue weighted by atomic mass is 35.5. The normalized spacial score (nSPS) is 11.1. The summed E-state index contributed by atoms with van der Waals surface area (Å²) in [4.78, 5) is 16.5. The van der Waals surface area contributed by atoms with Crippen molar-refractivity contribution in [2.75, 3.05) is 12.4 Å². The molecule has 0 radical (unpaired) electrons. The molecule has 0 unspecified atom stereocenters. The zero-order valence-corrected chi connectivity index (χ0v) is 14.9. The van der Waals surface area contributed by atoms with Crippen LogP contribution in [-0.4, -0.2) is 18.0 Å². The molecule has 0 fully saturated rings. The number of carbonyl (C=O) groups excluding carboxylic acids is 1. The number of nitrogens with one attached hydrogen (secondary N) is 1. The first-order valence-electron chi connectivity index (χ1n) is 6.94. The molecule has 0 saturated carbocycles. The quantitative estimate of drug-likeness (QED) is 0.629. The van der Waals surface area contributed by atoms with E-state index >= 15 is 0 Å². The van der Waals surface area contributed by atoms with Crippen LogP contribution >= 0.6 is 34.5 Å². The average Bonchev–Trinajstić information content (AvgIpc) is 2.96. The first kappa shape index (κ1) is 16.8. The number of methoxy groups -OCH3 is 1. The third-order valence-electron chi connectivity index (χ3n) is 3.21. The maximum Gasteiger partial charge on any atom is 0.250 e. The summed E-state index contributed by atoms with van der Waals surface area (Å²) in [6.07, 6.45) is 3.03. The van der Waals surface area contributed by atoms with Gasteiger partial charge in [-0.2, -0.15) is 0 Å². The second-order valence-electron chi connectivity index (χ2n) is 4.81. The average molecular weight is 379 g/mol. The second-order valence-corrected chi connectivity index (χ2v) is 6.69. The lowest BCUT2D eigenvalue weighted by atomic mass is 10.2. The minimum Gasteiger partial charge on any atom is -0.494 e. The third-order valence-corrected chi connectivity index (χ3v) is 4.71. The Bertz CT molecular complexity index is 937. The van der Waals surface area contributed by atoms with E-state index in [-0.39, 0.29) is 5.91 Å². The van der Waals surface area contributed by atoms with Gasteiger partial charge in [0.1, 0.15) is 11.3 Å². The number of carbonyl (C=O) groups is 1. The number of halogens is 2. The molecule has 122 valence electrons. The Balaban J connectivity index is 1.76. The van der Waals surface area contributed by atoms with Crippen molar-refractivity contribution in [3.05, 3.63) is 58.1 Å². The van der Waals surface area contributed by atoms with Crippen LogP contribution in [0.4, 0.5) is 5.13 Å². The van der Waals surface area contributed by atoms with Gasteiger partial charge in [0.15, 0.2) is 5.13 Å². The molecule has 24 heavy (non-hydrogen) atoms. The van der Waals surface area contributed by atoms with E-state index in [1.54, 1.807) is 31.4 Å². The number of hydrogen-bond acceptors (Lipinski definition) is 4. The van der Waals surface area contributed by atoms with E-state index in [0.717, 1.165) is 10.2 Å². The Hall–Kier alpha value is -2.08. The van der Waals surface area contributed by atoms with Crippen molar-refractivity contribution in [3.8, 4) is 5.75 Å². The number of aromatic nitrogens is 1. The molecule has 3 aromatic rings. The van der Waals surface area contributed by atoms with Gasteiger partial charge >= 0.3 is 0 Å². The molecule has 0 aliphatic heterocycles. The maximum atomic E-state index is 12.1. The van der Waals surface area contributed by atoms with Gasteiger partial charge in [-0.1, -0.05) is 46.7 Å². The Morgan fingerprint density at radius 1 is 1.29 bits per heavy atom. The fraction of sp³-hybridized carbons (Fsp3) is 0.0588. The van der Waals surface area contributed by atoms with Crippen LogP contribution in [-0.2, 0) is 4.79 Å². The minimum atomic E-state index is -0.293. The Kier molecular flexibility index (Phi) is 5.04. The maximum absolute atomic E-state index is 12.1. The summed E-state index contributed by atoms with van der Waals surface area (Å²) in [6, 6.07) is 10.7. The van der Waals surface area contributed by atoms with Gasteiger partial charge in [-0.25, -0.2) is 4.98 Å². The highest BCUT2D eigenvalue weighted by Crippen LogP contribution is 2.32. The van der Waals surface area contributed by atoms with E-state index in [9.17, 15) is 4.79 Å². The van der Waals surface area contributed by atoms with Crippen molar-refractivity contribution in [1.29, 1.82) is 0 Å². The second kappa shape index (κ2) is 7.21. The number of amides is 1. The standard InChI is InChI=1S/C17H12Cl2N2O2S/c1-23-13-3-2-4-14-16(13)21-17(24-14)20-15(22)8-6-10-5-7-11(18)9-12(10)19/h2-9H,1H3,(H,20,21,22)/b8-6+. The molecule has 1 N–H and O–H groups in total. The van der Waals surface area contributed by atoms with Crippen molar-refractivity contribution in [3.63, 3.8) is 0 Å². The molecule has 0 aliphatic rings. The van der Waals surface area contributed by atoms with Gasteiger partial charge in [0.25, 0.3) is 0 Å². The number of fused-ring (bicyclic) bond motifs is 1. The van der Waals surface area contributed by atoms with Crippen LogP contribution in [0.15, 0.2) is 42.5 Å². The van der Waals surface area contributed by atoms with Gasteiger partial charge in [0.05, 0.1) is 11.8 Å². The molecule has 1 heterocycles. The SMILES string of the molecule is COc1cccc2sc(NC(=O)/C=C/c3ccc(Cl)cc3Cl)nc12. The first-order valence-corrected chi connectivity index (χ1v) is 8.52. The van der Waals surface area contributed by atoms with Crippen LogP contribution in [0, 0.1) is 0 Å². The number of anilines is 1. The number of hydrogen-bond donors (Lipinski definition) is 1. The van der Waals surface area contributed by atoms with Crippen LogP contribution in [0.3, 0.4) is 0 Å². The zero-order valence-electron chi connectivity index (χ0n) is 12.5. The smallest absolute Gasteiger partial charge is 0.250 e. The molecular formula is C17H12Cl2N2O2S. The summed E-state index contributed by atoms with van der Waals surface area (Å²) in [7, 11) is 1.59. The Morgan fingerprint density at radius 3 is 2.88 bits per heavy atom. The van der Waals surface area contributed by atoms with Crippen LogP contribution in [0.25, 0.3) is 16.3 Å². The van der Waals surface area contributed by atoms with Gasteiger partial charge < -0.3 is 4.74 Å². The fourth-order valence-electron chi connectivity index (χ4n) is 2.09. The monoisotopic (exact) mass is 378 g/mol. The molecule has 7 heteroatoms. The number of nitrogens with zero attached hydrogens (tertiary/aromatic N) is 1. The van der Waals surface area contributed by atoms with Gasteiger partial charge in [-0.3, -0.25) is 10.1 Å². The van der Waals surface area contributed by atoms with Crippen LogP contribution < -0.4 is 10.1 Å². The van der Waals surface area contributed by atoms with Crippen molar-refractivity contribution >= 4 is 61.9 Å². The van der Waals surface area contributed by atoms with Crippen LogP contribution in [0.1, 0.15) is 5.56 Å². The molecular weight excluding hydrogens is 367 g/mol. The highest BCUT2D eigenvalue weighted by Gasteiger charge is 2.09. The number of benzene rings is 2. The van der Waals surface area contributed by atoms with E-state index < -0.39 is 0 Å². The molecule has 0 atom stereocenters. The van der Waals surface area contributed by atoms with E-state index in [2.05, 4.69) is 10.3 Å². The number of thiazole rings is 1. The molecule has 4 nitrogen and oxygen atoms in total. The van der Waals surface area contributed by atoms with E-state index in [1.807, 2.05) is 18.2 Å². The fourth-order valence-corrected chi connectivity index (χ4v) is 3.45. The number of rotatable bonds is 4. The predicted molar refractivity (Wildman–Crippen MR) is 100 cm³/mol. The molecule has 0 saturated heterocycles. The van der Waals surface area contributed by atoms with E-state index in [1.165, 1.54) is 17.4 Å². The zero-order chi connectivity index (χ0) is 17.1. The van der Waals surface area contributed by atoms with Gasteiger partial charge in [0, 0.05) is 16.1 Å². The van der Waals surface area contributed by atoms with Crippen LogP contribution in [0.5, 0.6) is 5.75 Å². The predicted octanol–water partition coefficient (Wildman–Crippen LogP) is 5.26. The lowest BCUT2D eigenvalue weighted by molar-refractivity contribution is -0.111. The molecule has 3 rings (SSSR count). The topological polar surface area (TPSA) is 51.2 Å².